The van der Waals surface area contributed by atoms with Gasteiger partial charge in [-0.2, -0.15) is 0 Å². The molecule has 0 saturated carbocycles. The molecule has 0 amide bonds. The Kier molecular flexibility index (Phi) is 3.82. The van der Waals surface area contributed by atoms with E-state index in [2.05, 4.69) is 10.1 Å². The van der Waals surface area contributed by atoms with Crippen molar-refractivity contribution < 1.29 is 14.7 Å². The van der Waals surface area contributed by atoms with Gasteiger partial charge in [0.25, 0.3) is 0 Å². The molecule has 1 heterocycles. The molecule has 1 aromatic carbocycles. The summed E-state index contributed by atoms with van der Waals surface area (Å²) in [5.41, 5.74) is 6.03. The first-order valence-electron chi connectivity index (χ1n) is 5.48. The second-order valence-corrected chi connectivity index (χ2v) is 3.63. The Hall–Kier alpha value is -2.76. The highest BCUT2D eigenvalue weighted by atomic mass is 16.5. The van der Waals surface area contributed by atoms with Crippen LogP contribution in [0, 0.1) is 0 Å². The summed E-state index contributed by atoms with van der Waals surface area (Å²) in [4.78, 5) is 3.95. The molecule has 0 atom stereocenters. The van der Waals surface area contributed by atoms with Gasteiger partial charge in [-0.15, -0.1) is 0 Å². The number of nitrogens with zero attached hydrogens (tertiary/aromatic N) is 2. The Morgan fingerprint density at radius 2 is 1.89 bits per heavy atom. The third-order valence-electron chi connectivity index (χ3n) is 2.46. The van der Waals surface area contributed by atoms with Crippen molar-refractivity contribution in [2.45, 2.75) is 0 Å². The van der Waals surface area contributed by atoms with E-state index in [-0.39, 0.29) is 5.84 Å². The lowest BCUT2D eigenvalue weighted by Gasteiger charge is -2.09. The van der Waals surface area contributed by atoms with E-state index in [1.165, 1.54) is 12.4 Å². The highest BCUT2D eigenvalue weighted by Gasteiger charge is 2.09. The number of methoxy groups -OCH3 is 1. The molecule has 2 aromatic rings. The van der Waals surface area contributed by atoms with Crippen molar-refractivity contribution in [3.63, 3.8) is 0 Å². The molecule has 98 valence electrons. The monoisotopic (exact) mass is 259 g/mol. The summed E-state index contributed by atoms with van der Waals surface area (Å²) >= 11 is 0. The lowest BCUT2D eigenvalue weighted by atomic mass is 10.2. The van der Waals surface area contributed by atoms with Gasteiger partial charge in [0.15, 0.2) is 11.6 Å². The number of benzene rings is 1. The maximum Gasteiger partial charge on any atom is 0.173 e. The molecule has 3 N–H and O–H groups in total. The Balaban J connectivity index is 2.27. The second kappa shape index (κ2) is 5.72. The van der Waals surface area contributed by atoms with Crippen LogP contribution in [0.4, 0.5) is 0 Å². The minimum absolute atomic E-state index is 0.0362. The first-order valence-corrected chi connectivity index (χ1v) is 5.48. The van der Waals surface area contributed by atoms with Crippen molar-refractivity contribution in [1.29, 1.82) is 0 Å². The van der Waals surface area contributed by atoms with Crippen LogP contribution in [0.5, 0.6) is 17.2 Å². The summed E-state index contributed by atoms with van der Waals surface area (Å²) in [6, 6.07) is 8.65. The van der Waals surface area contributed by atoms with Crippen LogP contribution >= 0.6 is 0 Å². The molecule has 0 aliphatic carbocycles. The topological polar surface area (TPSA) is 90.0 Å². The van der Waals surface area contributed by atoms with Crippen LogP contribution in [0.15, 0.2) is 47.9 Å². The first-order chi connectivity index (χ1) is 9.24. The van der Waals surface area contributed by atoms with Crippen molar-refractivity contribution in [2.24, 2.45) is 10.9 Å². The van der Waals surface area contributed by atoms with Gasteiger partial charge in [0, 0.05) is 6.20 Å². The molecule has 0 aliphatic rings. The molecular weight excluding hydrogens is 246 g/mol. The van der Waals surface area contributed by atoms with E-state index in [0.29, 0.717) is 17.1 Å². The van der Waals surface area contributed by atoms with Crippen molar-refractivity contribution in [3.05, 3.63) is 48.3 Å². The zero-order valence-corrected chi connectivity index (χ0v) is 10.3. The van der Waals surface area contributed by atoms with Crippen molar-refractivity contribution in [3.8, 4) is 17.2 Å². The number of oxime groups is 1. The van der Waals surface area contributed by atoms with Gasteiger partial charge in [0.2, 0.25) is 0 Å². The van der Waals surface area contributed by atoms with Gasteiger partial charge in [0.1, 0.15) is 11.5 Å². The maximum atomic E-state index is 8.72. The fourth-order valence-electron chi connectivity index (χ4n) is 1.50. The number of rotatable bonds is 4. The van der Waals surface area contributed by atoms with E-state index in [4.69, 9.17) is 20.4 Å². The molecule has 2 rings (SSSR count). The third kappa shape index (κ3) is 2.92. The van der Waals surface area contributed by atoms with Crippen molar-refractivity contribution >= 4 is 5.84 Å². The lowest BCUT2D eigenvalue weighted by molar-refractivity contribution is 0.318. The summed E-state index contributed by atoms with van der Waals surface area (Å²) in [5.74, 6) is 1.70. The molecule has 6 heteroatoms. The van der Waals surface area contributed by atoms with Gasteiger partial charge in [0.05, 0.1) is 18.9 Å². The predicted molar refractivity (Wildman–Crippen MR) is 69.8 cm³/mol. The normalized spacial score (nSPS) is 11.1. The van der Waals surface area contributed by atoms with Crippen molar-refractivity contribution in [2.75, 3.05) is 7.11 Å². The molecule has 0 radical (unpaired) electrons. The molecule has 0 fully saturated rings. The Bertz CT molecular complexity index is 582. The molecule has 6 nitrogen and oxygen atoms in total. The summed E-state index contributed by atoms with van der Waals surface area (Å²) in [7, 11) is 1.59. The average molecular weight is 259 g/mol. The van der Waals surface area contributed by atoms with E-state index in [1.54, 1.807) is 37.4 Å². The molecule has 1 aromatic heterocycles. The van der Waals surface area contributed by atoms with Gasteiger partial charge in [-0.25, -0.2) is 0 Å². The van der Waals surface area contributed by atoms with Crippen LogP contribution in [-0.4, -0.2) is 23.1 Å². The lowest BCUT2D eigenvalue weighted by Crippen LogP contribution is -2.14. The molecule has 0 spiro atoms. The van der Waals surface area contributed by atoms with Crippen LogP contribution in [0.2, 0.25) is 0 Å². The highest BCUT2D eigenvalue weighted by Crippen LogP contribution is 2.25. The maximum absolute atomic E-state index is 8.72. The SMILES string of the molecule is COc1ccc(Oc2cnccc2/C(N)=N/O)cc1. The van der Waals surface area contributed by atoms with E-state index in [1.807, 2.05) is 0 Å². The van der Waals surface area contributed by atoms with E-state index in [0.717, 1.165) is 5.75 Å². The van der Waals surface area contributed by atoms with E-state index < -0.39 is 0 Å². The van der Waals surface area contributed by atoms with Crippen LogP contribution in [0.3, 0.4) is 0 Å². The molecule has 0 aliphatic heterocycles. The smallest absolute Gasteiger partial charge is 0.173 e. The summed E-state index contributed by atoms with van der Waals surface area (Å²) < 4.78 is 10.7. The quantitative estimate of drug-likeness (QED) is 0.379. The number of pyridine rings is 1. The number of nitrogens with two attached hydrogens (primary N) is 1. The average Bonchev–Trinajstić information content (AvgIpc) is 2.48. The highest BCUT2D eigenvalue weighted by molar-refractivity contribution is 5.99. The number of amidine groups is 1. The third-order valence-corrected chi connectivity index (χ3v) is 2.46. The molecule has 0 bridgehead atoms. The number of hydrogen-bond acceptors (Lipinski definition) is 5. The van der Waals surface area contributed by atoms with Crippen LogP contribution < -0.4 is 15.2 Å². The fourth-order valence-corrected chi connectivity index (χ4v) is 1.50. The number of hydrogen-bond donors (Lipinski definition) is 2. The minimum atomic E-state index is -0.0362. The standard InChI is InChI=1S/C13H13N3O3/c1-18-9-2-4-10(5-3-9)19-12-8-15-7-6-11(12)13(14)16-17/h2-8,17H,1H3,(H2,14,16). The van der Waals surface area contributed by atoms with Gasteiger partial charge < -0.3 is 20.4 Å². The molecule has 0 unspecified atom stereocenters. The van der Waals surface area contributed by atoms with Gasteiger partial charge in [-0.1, -0.05) is 5.16 Å². The van der Waals surface area contributed by atoms with Crippen LogP contribution in [0.25, 0.3) is 0 Å². The minimum Gasteiger partial charge on any atom is -0.497 e. The number of ether oxygens (including phenoxy) is 2. The Morgan fingerprint density at radius 3 is 2.53 bits per heavy atom. The van der Waals surface area contributed by atoms with Crippen molar-refractivity contribution in [1.82, 2.24) is 4.98 Å². The Morgan fingerprint density at radius 1 is 1.21 bits per heavy atom. The molecule has 0 saturated heterocycles. The largest absolute Gasteiger partial charge is 0.497 e. The zero-order chi connectivity index (χ0) is 13.7. The second-order valence-electron chi connectivity index (χ2n) is 3.63. The van der Waals surface area contributed by atoms with Crippen LogP contribution in [0.1, 0.15) is 5.56 Å². The van der Waals surface area contributed by atoms with Gasteiger partial charge in [-0.05, 0) is 30.3 Å². The van der Waals surface area contributed by atoms with Crippen LogP contribution in [-0.2, 0) is 0 Å². The zero-order valence-electron chi connectivity index (χ0n) is 10.3. The molecule has 19 heavy (non-hydrogen) atoms. The number of aromatic nitrogens is 1. The summed E-state index contributed by atoms with van der Waals surface area (Å²) in [6.45, 7) is 0. The predicted octanol–water partition coefficient (Wildman–Crippen LogP) is 1.98. The van der Waals surface area contributed by atoms with Gasteiger partial charge in [-0.3, -0.25) is 4.98 Å². The summed E-state index contributed by atoms with van der Waals surface area (Å²) in [5, 5.41) is 11.7. The fraction of sp³-hybridized carbons (Fsp3) is 0.0769. The first kappa shape index (κ1) is 12.7. The van der Waals surface area contributed by atoms with Gasteiger partial charge >= 0.3 is 0 Å². The molecular formula is C13H13N3O3. The summed E-state index contributed by atoms with van der Waals surface area (Å²) in [6.07, 6.45) is 3.03. The van der Waals surface area contributed by atoms with E-state index in [9.17, 15) is 0 Å². The van der Waals surface area contributed by atoms with E-state index >= 15 is 0 Å². The Labute approximate surface area is 110 Å².